The van der Waals surface area contributed by atoms with Gasteiger partial charge in [0, 0.05) is 5.02 Å². The molecular formula is C22H20ClIN2O5. The van der Waals surface area contributed by atoms with Crippen LogP contribution in [0.4, 0.5) is 10.5 Å². The second kappa shape index (κ2) is 9.69. The van der Waals surface area contributed by atoms with Gasteiger partial charge >= 0.3 is 6.03 Å². The Bertz CT molecular complexity index is 1100. The van der Waals surface area contributed by atoms with Crippen molar-refractivity contribution in [3.05, 3.63) is 55.6 Å². The molecule has 0 saturated carbocycles. The normalized spacial score (nSPS) is 15.3. The summed E-state index contributed by atoms with van der Waals surface area (Å²) in [6, 6.07) is 7.52. The molecule has 3 rings (SSSR count). The Kier molecular flexibility index (Phi) is 7.22. The summed E-state index contributed by atoms with van der Waals surface area (Å²) >= 11 is 8.26. The van der Waals surface area contributed by atoms with Crippen LogP contribution in [0.5, 0.6) is 11.5 Å². The Balaban J connectivity index is 2.07. The van der Waals surface area contributed by atoms with Gasteiger partial charge in [0.05, 0.1) is 22.5 Å². The summed E-state index contributed by atoms with van der Waals surface area (Å²) in [6.45, 7) is 6.30. The van der Waals surface area contributed by atoms with Crippen molar-refractivity contribution in [1.29, 1.82) is 0 Å². The van der Waals surface area contributed by atoms with Gasteiger partial charge < -0.3 is 9.47 Å². The molecule has 1 aliphatic rings. The van der Waals surface area contributed by atoms with E-state index >= 15 is 0 Å². The minimum absolute atomic E-state index is 0.179. The largest absolute Gasteiger partial charge is 0.490 e. The van der Waals surface area contributed by atoms with Crippen LogP contribution in [0.3, 0.4) is 0 Å². The number of anilines is 1. The van der Waals surface area contributed by atoms with Gasteiger partial charge in [-0.15, -0.1) is 0 Å². The third-order valence-electron chi connectivity index (χ3n) is 4.51. The summed E-state index contributed by atoms with van der Waals surface area (Å²) in [6.07, 6.45) is 1.43. The number of nitrogens with zero attached hydrogens (tertiary/aromatic N) is 1. The van der Waals surface area contributed by atoms with Crippen molar-refractivity contribution >= 4 is 63.8 Å². The molecule has 0 bridgehead atoms. The number of imide groups is 2. The van der Waals surface area contributed by atoms with Gasteiger partial charge in [-0.05, 0) is 84.8 Å². The molecule has 1 saturated heterocycles. The Morgan fingerprint density at radius 1 is 1.13 bits per heavy atom. The maximum absolute atomic E-state index is 13.2. The smallest absolute Gasteiger partial charge is 0.335 e. The minimum atomic E-state index is -0.825. The first-order valence-electron chi connectivity index (χ1n) is 9.54. The molecule has 4 amide bonds. The lowest BCUT2D eigenvalue weighted by molar-refractivity contribution is -0.122. The first kappa shape index (κ1) is 23.1. The van der Waals surface area contributed by atoms with Crippen molar-refractivity contribution in [3.63, 3.8) is 0 Å². The average Bonchev–Trinajstić information content (AvgIpc) is 2.71. The van der Waals surface area contributed by atoms with Crippen LogP contribution in [0, 0.1) is 10.5 Å². The highest BCUT2D eigenvalue weighted by Gasteiger charge is 2.37. The van der Waals surface area contributed by atoms with Crippen LogP contribution in [0.15, 0.2) is 35.9 Å². The molecule has 162 valence electrons. The van der Waals surface area contributed by atoms with Gasteiger partial charge in [0.1, 0.15) is 5.57 Å². The van der Waals surface area contributed by atoms with Gasteiger partial charge in [-0.1, -0.05) is 17.7 Å². The minimum Gasteiger partial charge on any atom is -0.490 e. The lowest BCUT2D eigenvalue weighted by Crippen LogP contribution is -2.54. The summed E-state index contributed by atoms with van der Waals surface area (Å²) in [5, 5.41) is 2.62. The van der Waals surface area contributed by atoms with E-state index in [2.05, 4.69) is 27.9 Å². The number of nitrogens with one attached hydrogen (secondary N) is 1. The molecule has 0 atom stereocenters. The van der Waals surface area contributed by atoms with Crippen LogP contribution >= 0.6 is 34.2 Å². The fourth-order valence-electron chi connectivity index (χ4n) is 3.10. The van der Waals surface area contributed by atoms with Crippen molar-refractivity contribution < 1.29 is 23.9 Å². The number of hydrogen-bond donors (Lipinski definition) is 1. The van der Waals surface area contributed by atoms with Crippen molar-refractivity contribution in [3.8, 4) is 11.5 Å². The quantitative estimate of drug-likeness (QED) is 0.317. The summed E-state index contributed by atoms with van der Waals surface area (Å²) in [7, 11) is 0. The molecule has 9 heteroatoms. The summed E-state index contributed by atoms with van der Waals surface area (Å²) < 4.78 is 12.1. The van der Waals surface area contributed by atoms with E-state index in [4.69, 9.17) is 21.1 Å². The molecule has 0 spiro atoms. The van der Waals surface area contributed by atoms with Crippen LogP contribution in [0.25, 0.3) is 6.08 Å². The number of barbiturate groups is 1. The van der Waals surface area contributed by atoms with Gasteiger partial charge in [0.25, 0.3) is 11.8 Å². The van der Waals surface area contributed by atoms with Crippen molar-refractivity contribution in [2.75, 3.05) is 18.1 Å². The molecule has 0 radical (unpaired) electrons. The number of rotatable bonds is 6. The lowest BCUT2D eigenvalue weighted by Gasteiger charge is -2.27. The monoisotopic (exact) mass is 554 g/mol. The van der Waals surface area contributed by atoms with E-state index in [0.717, 1.165) is 8.47 Å². The number of urea groups is 1. The SMILES string of the molecule is CCOc1cc(/C=C2\C(=O)NC(=O)N(c3cccc(Cl)c3C)C2=O)cc(I)c1OCC. The van der Waals surface area contributed by atoms with Gasteiger partial charge in [-0.2, -0.15) is 0 Å². The number of hydrogen-bond acceptors (Lipinski definition) is 5. The zero-order valence-electron chi connectivity index (χ0n) is 17.1. The first-order valence-corrected chi connectivity index (χ1v) is 11.0. The number of amides is 4. The Morgan fingerprint density at radius 3 is 2.52 bits per heavy atom. The Hall–Kier alpha value is -2.59. The molecule has 7 nitrogen and oxygen atoms in total. The fraction of sp³-hybridized carbons (Fsp3) is 0.227. The maximum Gasteiger partial charge on any atom is 0.335 e. The molecular weight excluding hydrogens is 535 g/mol. The molecule has 0 aromatic heterocycles. The van der Waals surface area contributed by atoms with E-state index in [1.165, 1.54) is 6.08 Å². The van der Waals surface area contributed by atoms with Crippen LogP contribution < -0.4 is 19.7 Å². The first-order chi connectivity index (χ1) is 14.8. The zero-order chi connectivity index (χ0) is 22.7. The molecule has 1 heterocycles. The van der Waals surface area contributed by atoms with Crippen molar-refractivity contribution in [2.45, 2.75) is 20.8 Å². The number of carbonyl (C=O) groups is 3. The van der Waals surface area contributed by atoms with Crippen LogP contribution in [0.1, 0.15) is 25.0 Å². The second-order valence-corrected chi connectivity index (χ2v) is 8.11. The van der Waals surface area contributed by atoms with E-state index in [0.29, 0.717) is 46.5 Å². The average molecular weight is 555 g/mol. The Labute approximate surface area is 198 Å². The maximum atomic E-state index is 13.2. The summed E-state index contributed by atoms with van der Waals surface area (Å²) in [5.41, 5.74) is 1.24. The second-order valence-electron chi connectivity index (χ2n) is 6.54. The number of benzene rings is 2. The molecule has 1 aliphatic heterocycles. The molecule has 1 fully saturated rings. The molecule has 0 aliphatic carbocycles. The number of halogens is 2. The highest BCUT2D eigenvalue weighted by atomic mass is 127. The van der Waals surface area contributed by atoms with E-state index in [1.54, 1.807) is 37.3 Å². The molecule has 2 aromatic carbocycles. The van der Waals surface area contributed by atoms with E-state index in [-0.39, 0.29) is 5.57 Å². The lowest BCUT2D eigenvalue weighted by atomic mass is 10.1. The third kappa shape index (κ3) is 4.69. The van der Waals surface area contributed by atoms with Crippen LogP contribution in [-0.4, -0.2) is 31.1 Å². The van der Waals surface area contributed by atoms with E-state index < -0.39 is 17.8 Å². The molecule has 0 unspecified atom stereocenters. The van der Waals surface area contributed by atoms with Crippen molar-refractivity contribution in [1.82, 2.24) is 5.32 Å². The standard InChI is InChI=1S/C22H20ClIN2O5/c1-4-30-18-11-13(10-16(24)19(18)31-5-2)9-14-20(27)25-22(29)26(21(14)28)17-8-6-7-15(23)12(17)3/h6-11H,4-5H2,1-3H3,(H,25,27,29)/b14-9+. The Morgan fingerprint density at radius 2 is 1.84 bits per heavy atom. The fourth-order valence-corrected chi connectivity index (χ4v) is 4.05. The van der Waals surface area contributed by atoms with Crippen LogP contribution in [0.2, 0.25) is 5.02 Å². The highest BCUT2D eigenvalue weighted by molar-refractivity contribution is 14.1. The predicted molar refractivity (Wildman–Crippen MR) is 127 cm³/mol. The van der Waals surface area contributed by atoms with Gasteiger partial charge in [-0.25, -0.2) is 9.69 Å². The van der Waals surface area contributed by atoms with E-state index in [9.17, 15) is 14.4 Å². The predicted octanol–water partition coefficient (Wildman–Crippen LogP) is 4.72. The summed E-state index contributed by atoms with van der Waals surface area (Å²) in [4.78, 5) is 39.0. The molecule has 2 aromatic rings. The van der Waals surface area contributed by atoms with Gasteiger partial charge in [0.2, 0.25) is 0 Å². The molecule has 31 heavy (non-hydrogen) atoms. The highest BCUT2D eigenvalue weighted by Crippen LogP contribution is 2.35. The topological polar surface area (TPSA) is 84.9 Å². The third-order valence-corrected chi connectivity index (χ3v) is 5.72. The zero-order valence-corrected chi connectivity index (χ0v) is 20.0. The van der Waals surface area contributed by atoms with Gasteiger partial charge in [0.15, 0.2) is 11.5 Å². The van der Waals surface area contributed by atoms with Crippen molar-refractivity contribution in [2.24, 2.45) is 0 Å². The number of carbonyl (C=O) groups excluding carboxylic acids is 3. The van der Waals surface area contributed by atoms with Gasteiger partial charge in [-0.3, -0.25) is 14.9 Å². The van der Waals surface area contributed by atoms with E-state index in [1.807, 2.05) is 13.8 Å². The summed E-state index contributed by atoms with van der Waals surface area (Å²) in [5.74, 6) is -0.406. The number of ether oxygens (including phenoxy) is 2. The van der Waals surface area contributed by atoms with Crippen LogP contribution in [-0.2, 0) is 9.59 Å². The molecule has 1 N–H and O–H groups in total.